The number of carbonyl (C=O) groups is 1. The zero-order valence-electron chi connectivity index (χ0n) is 11.0. The lowest BCUT2D eigenvalue weighted by Gasteiger charge is -2.18. The Balaban J connectivity index is 1.84. The minimum Gasteiger partial charge on any atom is -0.464 e. The van der Waals surface area contributed by atoms with Gasteiger partial charge in [-0.05, 0) is 30.9 Å². The molecule has 0 aliphatic heterocycles. The van der Waals surface area contributed by atoms with E-state index in [-0.39, 0.29) is 11.8 Å². The molecule has 1 atom stereocenters. The number of rotatable bonds is 5. The number of nitrogens with one attached hydrogen (secondary N) is 1. The maximum atomic E-state index is 11.2. The van der Waals surface area contributed by atoms with E-state index in [1.165, 1.54) is 20.0 Å². The van der Waals surface area contributed by atoms with Crippen LogP contribution in [0.5, 0.6) is 0 Å². The summed E-state index contributed by atoms with van der Waals surface area (Å²) in [6.45, 7) is 0.455. The molecule has 1 unspecified atom stereocenters. The average Bonchev–Trinajstić information content (AvgIpc) is 2.98. The summed E-state index contributed by atoms with van der Waals surface area (Å²) < 4.78 is 4.54. The first-order chi connectivity index (χ1) is 9.20. The second-order valence-electron chi connectivity index (χ2n) is 4.79. The number of methoxy groups -OCH3 is 1. The molecular weight excluding hydrogens is 246 g/mol. The monoisotopic (exact) mass is 265 g/mol. The SMILES string of the molecule is COC(=O)c1ccc(NCC(O)C2CCCC2)nn1. The number of hydrogen-bond donors (Lipinski definition) is 2. The van der Waals surface area contributed by atoms with Crippen LogP contribution in [-0.2, 0) is 4.74 Å². The summed E-state index contributed by atoms with van der Waals surface area (Å²) in [5, 5.41) is 20.7. The van der Waals surface area contributed by atoms with Crippen LogP contribution in [0.1, 0.15) is 36.2 Å². The Hall–Kier alpha value is -1.69. The lowest BCUT2D eigenvalue weighted by atomic mass is 10.0. The first-order valence-corrected chi connectivity index (χ1v) is 6.54. The van der Waals surface area contributed by atoms with Crippen molar-refractivity contribution in [2.75, 3.05) is 19.0 Å². The molecule has 0 radical (unpaired) electrons. The van der Waals surface area contributed by atoms with Crippen molar-refractivity contribution in [3.8, 4) is 0 Å². The van der Waals surface area contributed by atoms with Gasteiger partial charge in [-0.2, -0.15) is 0 Å². The van der Waals surface area contributed by atoms with Gasteiger partial charge in [0.2, 0.25) is 0 Å². The highest BCUT2D eigenvalue weighted by molar-refractivity contribution is 5.86. The van der Waals surface area contributed by atoms with Crippen LogP contribution in [0, 0.1) is 5.92 Å². The van der Waals surface area contributed by atoms with Crippen molar-refractivity contribution in [2.45, 2.75) is 31.8 Å². The second kappa shape index (κ2) is 6.47. The summed E-state index contributed by atoms with van der Waals surface area (Å²) in [6, 6.07) is 3.20. The number of aromatic nitrogens is 2. The first kappa shape index (κ1) is 13.7. The van der Waals surface area contributed by atoms with Gasteiger partial charge in [-0.25, -0.2) is 4.79 Å². The van der Waals surface area contributed by atoms with Crippen LogP contribution in [0.4, 0.5) is 5.82 Å². The number of hydrogen-bond acceptors (Lipinski definition) is 6. The molecule has 1 aliphatic rings. The van der Waals surface area contributed by atoms with Gasteiger partial charge in [-0.3, -0.25) is 0 Å². The van der Waals surface area contributed by atoms with E-state index in [2.05, 4.69) is 20.3 Å². The molecule has 19 heavy (non-hydrogen) atoms. The fraction of sp³-hybridized carbons (Fsp3) is 0.615. The summed E-state index contributed by atoms with van der Waals surface area (Å²) in [4.78, 5) is 11.2. The van der Waals surface area contributed by atoms with Crippen molar-refractivity contribution in [2.24, 2.45) is 5.92 Å². The molecule has 1 aromatic heterocycles. The van der Waals surface area contributed by atoms with Crippen molar-refractivity contribution in [3.63, 3.8) is 0 Å². The number of ether oxygens (including phenoxy) is 1. The van der Waals surface area contributed by atoms with Crippen LogP contribution in [0.3, 0.4) is 0 Å². The number of esters is 1. The largest absolute Gasteiger partial charge is 0.464 e. The summed E-state index contributed by atoms with van der Waals surface area (Å²) in [5.41, 5.74) is 0.171. The van der Waals surface area contributed by atoms with Crippen molar-refractivity contribution >= 4 is 11.8 Å². The van der Waals surface area contributed by atoms with Crippen LogP contribution in [-0.4, -0.2) is 41.0 Å². The van der Waals surface area contributed by atoms with E-state index in [4.69, 9.17) is 0 Å². The van der Waals surface area contributed by atoms with Gasteiger partial charge in [0.25, 0.3) is 0 Å². The summed E-state index contributed by atoms with van der Waals surface area (Å²) in [5.74, 6) is 0.421. The topological polar surface area (TPSA) is 84.3 Å². The molecule has 1 saturated carbocycles. The minimum absolute atomic E-state index is 0.171. The molecule has 6 heteroatoms. The van der Waals surface area contributed by atoms with E-state index in [1.54, 1.807) is 12.1 Å². The van der Waals surface area contributed by atoms with Gasteiger partial charge in [0.05, 0.1) is 13.2 Å². The summed E-state index contributed by atoms with van der Waals surface area (Å²) in [7, 11) is 1.30. The standard InChI is InChI=1S/C13H19N3O3/c1-19-13(18)10-6-7-12(16-15-10)14-8-11(17)9-4-2-3-5-9/h6-7,9,11,17H,2-5,8H2,1H3,(H,14,16). The van der Waals surface area contributed by atoms with Gasteiger partial charge < -0.3 is 15.2 Å². The molecule has 6 nitrogen and oxygen atoms in total. The Bertz CT molecular complexity index is 416. The van der Waals surface area contributed by atoms with Crippen LogP contribution in [0.25, 0.3) is 0 Å². The summed E-state index contributed by atoms with van der Waals surface area (Å²) >= 11 is 0. The molecule has 2 rings (SSSR count). The van der Waals surface area contributed by atoms with Gasteiger partial charge in [-0.15, -0.1) is 10.2 Å². The van der Waals surface area contributed by atoms with Crippen LogP contribution in [0.2, 0.25) is 0 Å². The number of aliphatic hydroxyl groups is 1. The number of carbonyl (C=O) groups excluding carboxylic acids is 1. The smallest absolute Gasteiger partial charge is 0.358 e. The molecule has 0 aromatic carbocycles. The highest BCUT2D eigenvalue weighted by Gasteiger charge is 2.22. The van der Waals surface area contributed by atoms with E-state index in [9.17, 15) is 9.90 Å². The minimum atomic E-state index is -0.509. The van der Waals surface area contributed by atoms with Crippen LogP contribution >= 0.6 is 0 Å². The fourth-order valence-electron chi connectivity index (χ4n) is 2.36. The Kier molecular flexibility index (Phi) is 4.68. The average molecular weight is 265 g/mol. The van der Waals surface area contributed by atoms with E-state index in [0.717, 1.165) is 12.8 Å². The zero-order chi connectivity index (χ0) is 13.7. The predicted octanol–water partition coefficient (Wildman–Crippen LogP) is 1.23. The molecule has 0 amide bonds. The molecule has 1 fully saturated rings. The third-order valence-corrected chi connectivity index (χ3v) is 3.50. The maximum Gasteiger partial charge on any atom is 0.358 e. The van der Waals surface area contributed by atoms with Crippen molar-refractivity contribution in [1.29, 1.82) is 0 Å². The van der Waals surface area contributed by atoms with Crippen LogP contribution < -0.4 is 5.32 Å². The number of nitrogens with zero attached hydrogens (tertiary/aromatic N) is 2. The zero-order valence-corrected chi connectivity index (χ0v) is 11.0. The third-order valence-electron chi connectivity index (χ3n) is 3.50. The number of aliphatic hydroxyl groups excluding tert-OH is 1. The molecule has 0 spiro atoms. The molecule has 2 N–H and O–H groups in total. The van der Waals surface area contributed by atoms with E-state index >= 15 is 0 Å². The Labute approximate surface area is 112 Å². The van der Waals surface area contributed by atoms with E-state index < -0.39 is 5.97 Å². The van der Waals surface area contributed by atoms with Crippen LogP contribution in [0.15, 0.2) is 12.1 Å². The maximum absolute atomic E-state index is 11.2. The van der Waals surface area contributed by atoms with Gasteiger partial charge in [0, 0.05) is 6.54 Å². The van der Waals surface area contributed by atoms with Gasteiger partial charge in [0.1, 0.15) is 5.82 Å². The lowest BCUT2D eigenvalue weighted by Crippen LogP contribution is -2.27. The van der Waals surface area contributed by atoms with Crippen molar-refractivity contribution in [3.05, 3.63) is 17.8 Å². The van der Waals surface area contributed by atoms with Gasteiger partial charge in [0.15, 0.2) is 5.69 Å². The molecular formula is C13H19N3O3. The van der Waals surface area contributed by atoms with Gasteiger partial charge in [-0.1, -0.05) is 12.8 Å². The van der Waals surface area contributed by atoms with Crippen molar-refractivity contribution in [1.82, 2.24) is 10.2 Å². The Morgan fingerprint density at radius 2 is 2.21 bits per heavy atom. The molecule has 1 aliphatic carbocycles. The molecule has 0 saturated heterocycles. The quantitative estimate of drug-likeness (QED) is 0.779. The second-order valence-corrected chi connectivity index (χ2v) is 4.79. The molecule has 0 bridgehead atoms. The van der Waals surface area contributed by atoms with Gasteiger partial charge >= 0.3 is 5.97 Å². The van der Waals surface area contributed by atoms with Crippen molar-refractivity contribution < 1.29 is 14.6 Å². The molecule has 1 aromatic rings. The van der Waals surface area contributed by atoms with E-state index in [0.29, 0.717) is 18.3 Å². The summed E-state index contributed by atoms with van der Waals surface area (Å²) in [6.07, 6.45) is 4.24. The number of anilines is 1. The normalized spacial score (nSPS) is 17.2. The fourth-order valence-corrected chi connectivity index (χ4v) is 2.36. The highest BCUT2D eigenvalue weighted by Crippen LogP contribution is 2.27. The highest BCUT2D eigenvalue weighted by atomic mass is 16.5. The molecule has 104 valence electrons. The van der Waals surface area contributed by atoms with E-state index in [1.807, 2.05) is 0 Å². The Morgan fingerprint density at radius 1 is 1.47 bits per heavy atom. The Morgan fingerprint density at radius 3 is 2.79 bits per heavy atom. The predicted molar refractivity (Wildman–Crippen MR) is 69.8 cm³/mol. The molecule has 1 heterocycles. The lowest BCUT2D eigenvalue weighted by molar-refractivity contribution is 0.0592. The first-order valence-electron chi connectivity index (χ1n) is 6.54. The third kappa shape index (κ3) is 3.64.